The molecule has 1 amide bonds. The average Bonchev–Trinajstić information content (AvgIpc) is 3.50. The summed E-state index contributed by atoms with van der Waals surface area (Å²) < 4.78 is 8.62. The lowest BCUT2D eigenvalue weighted by Crippen LogP contribution is -2.23. The predicted molar refractivity (Wildman–Crippen MR) is 126 cm³/mol. The molecule has 0 bridgehead atoms. The van der Waals surface area contributed by atoms with Gasteiger partial charge in [0.15, 0.2) is 11.6 Å². The maximum absolute atomic E-state index is 12.8. The number of aryl methyl sites for hydroxylation is 1. The predicted octanol–water partition coefficient (Wildman–Crippen LogP) is 4.17. The normalized spacial score (nSPS) is 11.2. The summed E-state index contributed by atoms with van der Waals surface area (Å²) >= 11 is 6.16. The molecule has 2 N–H and O–H groups in total. The number of benzene rings is 2. The minimum Gasteiger partial charge on any atom is -0.459 e. The van der Waals surface area contributed by atoms with Crippen LogP contribution in [0, 0.1) is 0 Å². The monoisotopic (exact) mass is 462 g/mol. The van der Waals surface area contributed by atoms with Crippen molar-refractivity contribution < 1.29 is 9.21 Å². The summed E-state index contributed by atoms with van der Waals surface area (Å²) in [5.41, 5.74) is 1.76. The Morgan fingerprint density at radius 2 is 1.94 bits per heavy atom. The van der Waals surface area contributed by atoms with Crippen molar-refractivity contribution in [2.75, 3.05) is 10.6 Å². The van der Waals surface area contributed by atoms with Gasteiger partial charge in [-0.3, -0.25) is 18.6 Å². The molecule has 2 aromatic carbocycles. The number of para-hydroxylation sites is 1. The zero-order valence-electron chi connectivity index (χ0n) is 17.6. The number of furan rings is 1. The Hall–Kier alpha value is -4.11. The first-order valence-corrected chi connectivity index (χ1v) is 10.7. The summed E-state index contributed by atoms with van der Waals surface area (Å²) in [6.07, 6.45) is 1.43. The summed E-state index contributed by atoms with van der Waals surface area (Å²) in [5.74, 6) is 0.881. The van der Waals surface area contributed by atoms with Crippen molar-refractivity contribution >= 4 is 45.6 Å². The molecular formula is C23H19ClN6O3. The highest BCUT2D eigenvalue weighted by Crippen LogP contribution is 2.27. The topological polar surface area (TPSA) is 106 Å². The third kappa shape index (κ3) is 3.72. The zero-order chi connectivity index (χ0) is 22.9. The zero-order valence-corrected chi connectivity index (χ0v) is 18.3. The van der Waals surface area contributed by atoms with Gasteiger partial charge in [0.2, 0.25) is 5.78 Å². The Bertz CT molecular complexity index is 1540. The average molecular weight is 463 g/mol. The number of anilines is 2. The fraction of sp³-hybridized carbons (Fsp3) is 0.130. The third-order valence-electron chi connectivity index (χ3n) is 5.30. The standard InChI is InChI=1S/C23H19ClN6O3/c1-2-29-22(32)15-6-3-4-7-18(15)30-20(27-28-23(29)30)13-25-16-10-9-14(24)12-17(16)26-21(31)19-8-5-11-33-19/h3-12,25H,2,13H2,1H3,(H,26,31). The van der Waals surface area contributed by atoms with Gasteiger partial charge in [-0.25, -0.2) is 0 Å². The van der Waals surface area contributed by atoms with Gasteiger partial charge in [0.1, 0.15) is 0 Å². The van der Waals surface area contributed by atoms with Crippen molar-refractivity contribution in [1.82, 2.24) is 19.2 Å². The second kappa shape index (κ2) is 8.44. The van der Waals surface area contributed by atoms with Gasteiger partial charge < -0.3 is 15.1 Å². The van der Waals surface area contributed by atoms with Crippen LogP contribution in [0.2, 0.25) is 5.02 Å². The third-order valence-corrected chi connectivity index (χ3v) is 5.54. The fourth-order valence-electron chi connectivity index (χ4n) is 3.75. The van der Waals surface area contributed by atoms with Gasteiger partial charge in [-0.15, -0.1) is 10.2 Å². The lowest BCUT2D eigenvalue weighted by atomic mass is 10.2. The van der Waals surface area contributed by atoms with E-state index in [9.17, 15) is 9.59 Å². The molecule has 33 heavy (non-hydrogen) atoms. The van der Waals surface area contributed by atoms with E-state index in [4.69, 9.17) is 16.0 Å². The van der Waals surface area contributed by atoms with Crippen molar-refractivity contribution in [3.8, 4) is 0 Å². The van der Waals surface area contributed by atoms with Crippen LogP contribution in [0.15, 0.2) is 70.1 Å². The molecule has 3 heterocycles. The number of aromatic nitrogens is 4. The van der Waals surface area contributed by atoms with Gasteiger partial charge in [-0.1, -0.05) is 23.7 Å². The second-order valence-electron chi connectivity index (χ2n) is 7.29. The highest BCUT2D eigenvalue weighted by atomic mass is 35.5. The van der Waals surface area contributed by atoms with Crippen LogP contribution in [0.3, 0.4) is 0 Å². The van der Waals surface area contributed by atoms with E-state index in [-0.39, 0.29) is 11.3 Å². The summed E-state index contributed by atoms with van der Waals surface area (Å²) in [4.78, 5) is 25.3. The van der Waals surface area contributed by atoms with Gasteiger partial charge in [-0.2, -0.15) is 0 Å². The number of amides is 1. The maximum Gasteiger partial charge on any atom is 0.291 e. The smallest absolute Gasteiger partial charge is 0.291 e. The van der Waals surface area contributed by atoms with Crippen molar-refractivity contribution in [3.05, 3.63) is 87.8 Å². The molecule has 0 fully saturated rings. The number of nitrogens with zero attached hydrogens (tertiary/aromatic N) is 4. The highest BCUT2D eigenvalue weighted by molar-refractivity contribution is 6.31. The van der Waals surface area contributed by atoms with Crippen LogP contribution in [0.5, 0.6) is 0 Å². The molecule has 0 atom stereocenters. The Balaban J connectivity index is 1.51. The molecule has 0 aliphatic rings. The maximum atomic E-state index is 12.8. The first-order valence-electron chi connectivity index (χ1n) is 10.3. The number of nitrogens with one attached hydrogen (secondary N) is 2. The highest BCUT2D eigenvalue weighted by Gasteiger charge is 2.17. The van der Waals surface area contributed by atoms with Crippen LogP contribution in [-0.2, 0) is 13.1 Å². The van der Waals surface area contributed by atoms with Crippen LogP contribution in [0.4, 0.5) is 11.4 Å². The Morgan fingerprint density at radius 3 is 2.73 bits per heavy atom. The van der Waals surface area contributed by atoms with E-state index in [0.29, 0.717) is 46.5 Å². The van der Waals surface area contributed by atoms with E-state index in [1.54, 1.807) is 41.0 Å². The van der Waals surface area contributed by atoms with Crippen LogP contribution < -0.4 is 16.2 Å². The van der Waals surface area contributed by atoms with Crippen LogP contribution in [-0.4, -0.2) is 25.1 Å². The lowest BCUT2D eigenvalue weighted by molar-refractivity contribution is 0.0996. The van der Waals surface area contributed by atoms with E-state index in [2.05, 4.69) is 20.8 Å². The number of rotatable bonds is 6. The van der Waals surface area contributed by atoms with Crippen molar-refractivity contribution in [2.24, 2.45) is 0 Å². The molecule has 0 aliphatic carbocycles. The van der Waals surface area contributed by atoms with E-state index < -0.39 is 5.91 Å². The minimum atomic E-state index is -0.392. The van der Waals surface area contributed by atoms with Crippen molar-refractivity contribution in [1.29, 1.82) is 0 Å². The van der Waals surface area contributed by atoms with Gasteiger partial charge in [-0.05, 0) is 49.4 Å². The number of halogens is 1. The molecule has 5 aromatic rings. The lowest BCUT2D eigenvalue weighted by Gasteiger charge is -2.13. The minimum absolute atomic E-state index is 0.104. The molecule has 5 rings (SSSR count). The van der Waals surface area contributed by atoms with Crippen LogP contribution in [0.1, 0.15) is 23.3 Å². The molecular weight excluding hydrogens is 444 g/mol. The second-order valence-corrected chi connectivity index (χ2v) is 7.73. The van der Waals surface area contributed by atoms with E-state index in [0.717, 1.165) is 5.52 Å². The van der Waals surface area contributed by atoms with Gasteiger partial charge in [0, 0.05) is 11.6 Å². The molecule has 0 saturated carbocycles. The molecule has 166 valence electrons. The van der Waals surface area contributed by atoms with Crippen LogP contribution in [0.25, 0.3) is 16.7 Å². The van der Waals surface area contributed by atoms with E-state index >= 15 is 0 Å². The molecule has 0 unspecified atom stereocenters. The van der Waals surface area contributed by atoms with Gasteiger partial charge in [0.25, 0.3) is 11.5 Å². The summed E-state index contributed by atoms with van der Waals surface area (Å²) in [6.45, 7) is 2.65. The fourth-order valence-corrected chi connectivity index (χ4v) is 3.93. The quantitative estimate of drug-likeness (QED) is 0.392. The van der Waals surface area contributed by atoms with Gasteiger partial charge in [0.05, 0.1) is 35.1 Å². The Labute approximate surface area is 192 Å². The molecule has 0 aliphatic heterocycles. The SMILES string of the molecule is CCn1c(=O)c2ccccc2n2c(CNc3ccc(Cl)cc3NC(=O)c3ccco3)nnc12. The molecule has 0 saturated heterocycles. The first-order chi connectivity index (χ1) is 16.1. The number of hydrogen-bond acceptors (Lipinski definition) is 6. The number of fused-ring (bicyclic) bond motifs is 3. The molecule has 0 radical (unpaired) electrons. The molecule has 9 nitrogen and oxygen atoms in total. The Morgan fingerprint density at radius 1 is 1.09 bits per heavy atom. The van der Waals surface area contributed by atoms with Crippen molar-refractivity contribution in [3.63, 3.8) is 0 Å². The molecule has 3 aromatic heterocycles. The summed E-state index contributed by atoms with van der Waals surface area (Å²) in [6, 6.07) is 15.7. The van der Waals surface area contributed by atoms with E-state index in [1.165, 1.54) is 6.26 Å². The molecule has 0 spiro atoms. The van der Waals surface area contributed by atoms with Crippen molar-refractivity contribution in [2.45, 2.75) is 20.0 Å². The van der Waals surface area contributed by atoms with Gasteiger partial charge >= 0.3 is 0 Å². The molecule has 10 heteroatoms. The summed E-state index contributed by atoms with van der Waals surface area (Å²) in [5, 5.41) is 15.7. The largest absolute Gasteiger partial charge is 0.459 e. The number of hydrogen-bond donors (Lipinski definition) is 2. The number of carbonyl (C=O) groups excluding carboxylic acids is 1. The Kier molecular flexibility index (Phi) is 5.31. The number of carbonyl (C=O) groups is 1. The first kappa shape index (κ1) is 20.8. The summed E-state index contributed by atoms with van der Waals surface area (Å²) in [7, 11) is 0. The van der Waals surface area contributed by atoms with E-state index in [1.807, 2.05) is 29.5 Å². The van der Waals surface area contributed by atoms with Crippen LogP contribution >= 0.6 is 11.6 Å².